The molecule has 0 atom stereocenters. The van der Waals surface area contributed by atoms with Gasteiger partial charge in [0.25, 0.3) is 5.69 Å². The Balaban J connectivity index is 2.38. The zero-order valence-electron chi connectivity index (χ0n) is 9.32. The molecule has 0 radical (unpaired) electrons. The summed E-state index contributed by atoms with van der Waals surface area (Å²) >= 11 is 0. The van der Waals surface area contributed by atoms with Gasteiger partial charge in [0, 0.05) is 19.1 Å². The van der Waals surface area contributed by atoms with E-state index in [-0.39, 0.29) is 11.4 Å². The quantitative estimate of drug-likeness (QED) is 0.264. The predicted octanol–water partition coefficient (Wildman–Crippen LogP) is 1.63. The van der Waals surface area contributed by atoms with Crippen LogP contribution in [0.15, 0.2) is 24.3 Å². The number of hydrogen-bond donors (Lipinski definition) is 0. The Morgan fingerprint density at radius 1 is 1.28 bits per heavy atom. The van der Waals surface area contributed by atoms with Crippen LogP contribution in [0.3, 0.4) is 0 Å². The van der Waals surface area contributed by atoms with Crippen molar-refractivity contribution < 1.29 is 28.7 Å². The second kappa shape index (κ2) is 6.18. The van der Waals surface area contributed by atoms with Crippen LogP contribution in [-0.2, 0) is 14.3 Å². The number of hydrogen-bond acceptors (Lipinski definition) is 7. The van der Waals surface area contributed by atoms with E-state index in [9.17, 15) is 19.7 Å². The van der Waals surface area contributed by atoms with Gasteiger partial charge >= 0.3 is 12.1 Å². The van der Waals surface area contributed by atoms with Crippen LogP contribution in [0.5, 0.6) is 5.75 Å². The molecule has 0 aliphatic heterocycles. The molecule has 0 amide bonds. The van der Waals surface area contributed by atoms with Gasteiger partial charge in [-0.3, -0.25) is 14.9 Å². The van der Waals surface area contributed by atoms with E-state index in [0.29, 0.717) is 0 Å². The summed E-state index contributed by atoms with van der Waals surface area (Å²) in [5.74, 6) is -0.522. The number of esters is 1. The number of ether oxygens (including phenoxy) is 3. The van der Waals surface area contributed by atoms with Crippen LogP contribution < -0.4 is 4.74 Å². The van der Waals surface area contributed by atoms with Crippen LogP contribution in [0.1, 0.15) is 6.92 Å². The molecule has 0 unspecified atom stereocenters. The van der Waals surface area contributed by atoms with Gasteiger partial charge in [-0.1, -0.05) is 0 Å². The van der Waals surface area contributed by atoms with E-state index in [4.69, 9.17) is 4.74 Å². The highest BCUT2D eigenvalue weighted by atomic mass is 16.8. The summed E-state index contributed by atoms with van der Waals surface area (Å²) in [5, 5.41) is 10.4. The number of nitro benzene ring substituents is 1. The third kappa shape index (κ3) is 4.47. The maximum atomic E-state index is 10.8. The number of carbonyl (C=O) groups excluding carboxylic acids is 2. The summed E-state index contributed by atoms with van der Waals surface area (Å²) in [4.78, 5) is 30.9. The average Bonchev–Trinajstić information content (AvgIpc) is 2.28. The molecule has 18 heavy (non-hydrogen) atoms. The minimum atomic E-state index is -1.18. The van der Waals surface area contributed by atoms with Gasteiger partial charge in [0.1, 0.15) is 5.75 Å². The van der Waals surface area contributed by atoms with E-state index >= 15 is 0 Å². The first-order valence-electron chi connectivity index (χ1n) is 4.71. The second-order valence-electron chi connectivity index (χ2n) is 3.00. The zero-order chi connectivity index (χ0) is 13.5. The Hall–Kier alpha value is -2.64. The highest BCUT2D eigenvalue weighted by Gasteiger charge is 2.08. The van der Waals surface area contributed by atoms with Crippen molar-refractivity contribution in [2.45, 2.75) is 6.92 Å². The molecular weight excluding hydrogens is 246 g/mol. The lowest BCUT2D eigenvalue weighted by Gasteiger charge is -2.05. The Morgan fingerprint density at radius 3 is 2.39 bits per heavy atom. The van der Waals surface area contributed by atoms with E-state index in [1.54, 1.807) is 0 Å². The van der Waals surface area contributed by atoms with Gasteiger partial charge in [-0.2, -0.15) is 0 Å². The lowest BCUT2D eigenvalue weighted by molar-refractivity contribution is -0.384. The summed E-state index contributed by atoms with van der Waals surface area (Å²) in [6, 6.07) is 5.17. The molecule has 0 bridgehead atoms. The number of rotatable bonds is 4. The Bertz CT molecular complexity index is 454. The first-order valence-corrected chi connectivity index (χ1v) is 4.71. The van der Waals surface area contributed by atoms with Gasteiger partial charge in [0.05, 0.1) is 4.92 Å². The minimum Gasteiger partial charge on any atom is -0.457 e. The van der Waals surface area contributed by atoms with Crippen LogP contribution in [0.4, 0.5) is 10.5 Å². The van der Waals surface area contributed by atoms with Crippen LogP contribution in [-0.4, -0.2) is 23.8 Å². The van der Waals surface area contributed by atoms with Gasteiger partial charge in [-0.15, -0.1) is 0 Å². The zero-order valence-corrected chi connectivity index (χ0v) is 9.32. The molecule has 0 aliphatic rings. The van der Waals surface area contributed by atoms with E-state index in [1.807, 2.05) is 0 Å². The maximum Gasteiger partial charge on any atom is 0.519 e. The van der Waals surface area contributed by atoms with E-state index in [2.05, 4.69) is 9.47 Å². The molecule has 96 valence electrons. The number of benzene rings is 1. The summed E-state index contributed by atoms with van der Waals surface area (Å²) in [7, 11) is 0. The lowest BCUT2D eigenvalue weighted by atomic mass is 10.3. The summed E-state index contributed by atoms with van der Waals surface area (Å²) in [5.41, 5.74) is -0.0840. The Morgan fingerprint density at radius 2 is 1.89 bits per heavy atom. The monoisotopic (exact) mass is 255 g/mol. The van der Waals surface area contributed by atoms with Gasteiger partial charge in [0.15, 0.2) is 0 Å². The van der Waals surface area contributed by atoms with Crippen molar-refractivity contribution in [1.29, 1.82) is 0 Å². The molecule has 1 rings (SSSR count). The van der Waals surface area contributed by atoms with Gasteiger partial charge in [0.2, 0.25) is 6.79 Å². The topological polar surface area (TPSA) is 105 Å². The molecule has 0 spiro atoms. The summed E-state index contributed by atoms with van der Waals surface area (Å²) < 4.78 is 13.4. The maximum absolute atomic E-state index is 10.8. The molecule has 0 aromatic heterocycles. The van der Waals surface area contributed by atoms with Crippen molar-refractivity contribution in [2.75, 3.05) is 6.79 Å². The number of nitrogens with zero attached hydrogens (tertiary/aromatic N) is 1. The van der Waals surface area contributed by atoms with Gasteiger partial charge in [-0.25, -0.2) is 4.79 Å². The molecule has 1 aromatic carbocycles. The van der Waals surface area contributed by atoms with E-state index < -0.39 is 23.8 Å². The normalized spacial score (nSPS) is 9.39. The summed E-state index contributed by atoms with van der Waals surface area (Å²) in [6.07, 6.45) is -1.18. The SMILES string of the molecule is CC(=O)OC(=O)OCOc1ccc([N+](=O)[O-])cc1. The summed E-state index contributed by atoms with van der Waals surface area (Å²) in [6.45, 7) is 0.586. The molecule has 0 fully saturated rings. The highest BCUT2D eigenvalue weighted by molar-refractivity contribution is 5.79. The third-order valence-corrected chi connectivity index (χ3v) is 1.68. The molecule has 0 heterocycles. The Labute approximate surface area is 101 Å². The van der Waals surface area contributed by atoms with Crippen LogP contribution in [0.25, 0.3) is 0 Å². The highest BCUT2D eigenvalue weighted by Crippen LogP contribution is 2.17. The van der Waals surface area contributed by atoms with Gasteiger partial charge < -0.3 is 14.2 Å². The third-order valence-electron chi connectivity index (χ3n) is 1.68. The van der Waals surface area contributed by atoms with Crippen molar-refractivity contribution >= 4 is 17.8 Å². The number of non-ortho nitro benzene ring substituents is 1. The largest absolute Gasteiger partial charge is 0.519 e. The van der Waals surface area contributed by atoms with Crippen LogP contribution in [0, 0.1) is 10.1 Å². The fraction of sp³-hybridized carbons (Fsp3) is 0.200. The number of nitro groups is 1. The molecule has 1 aromatic rings. The second-order valence-corrected chi connectivity index (χ2v) is 3.00. The molecule has 0 saturated carbocycles. The fourth-order valence-corrected chi connectivity index (χ4v) is 0.957. The Kier molecular flexibility index (Phi) is 4.61. The van der Waals surface area contributed by atoms with E-state index in [1.165, 1.54) is 24.3 Å². The number of carbonyl (C=O) groups is 2. The minimum absolute atomic E-state index is 0.0840. The van der Waals surface area contributed by atoms with Crippen molar-refractivity contribution in [2.24, 2.45) is 0 Å². The molecule has 8 heteroatoms. The molecule has 0 aliphatic carbocycles. The molecule has 8 nitrogen and oxygen atoms in total. The smallest absolute Gasteiger partial charge is 0.457 e. The van der Waals surface area contributed by atoms with Crippen LogP contribution >= 0.6 is 0 Å². The molecule has 0 saturated heterocycles. The predicted molar refractivity (Wildman–Crippen MR) is 56.8 cm³/mol. The average molecular weight is 255 g/mol. The van der Waals surface area contributed by atoms with Crippen molar-refractivity contribution in [1.82, 2.24) is 0 Å². The standard InChI is InChI=1S/C10H9NO7/c1-7(12)18-10(13)17-6-16-9-4-2-8(3-5-9)11(14)15/h2-5H,6H2,1H3. The molecule has 0 N–H and O–H groups in total. The fourth-order valence-electron chi connectivity index (χ4n) is 0.957. The van der Waals surface area contributed by atoms with Gasteiger partial charge in [-0.05, 0) is 12.1 Å². The van der Waals surface area contributed by atoms with E-state index in [0.717, 1.165) is 6.92 Å². The van der Waals surface area contributed by atoms with Crippen molar-refractivity contribution in [3.8, 4) is 5.75 Å². The first-order chi connectivity index (χ1) is 8.49. The van der Waals surface area contributed by atoms with Crippen molar-refractivity contribution in [3.05, 3.63) is 34.4 Å². The lowest BCUT2D eigenvalue weighted by Crippen LogP contribution is -2.14. The van der Waals surface area contributed by atoms with Crippen molar-refractivity contribution in [3.63, 3.8) is 0 Å². The molecular formula is C10H9NO7. The van der Waals surface area contributed by atoms with Crippen LogP contribution in [0.2, 0.25) is 0 Å². The first kappa shape index (κ1) is 13.4.